The fraction of sp³-hybridized carbons (Fsp3) is 0.333. The number of carbonyl (C=O) groups is 1. The summed E-state index contributed by atoms with van der Waals surface area (Å²) >= 11 is 0. The maximum atomic E-state index is 14.1. The minimum absolute atomic E-state index is 0.164. The van der Waals surface area contributed by atoms with Crippen molar-refractivity contribution in [1.29, 1.82) is 0 Å². The fourth-order valence-electron chi connectivity index (χ4n) is 2.82. The SMILES string of the molecule is O=C(O)c1cn(C2CCOCC2)c2cc(F)c(F)c(F)c2c1=O. The lowest BCUT2D eigenvalue weighted by molar-refractivity contribution is 0.0681. The van der Waals surface area contributed by atoms with Crippen LogP contribution in [0, 0.1) is 17.5 Å². The quantitative estimate of drug-likeness (QED) is 0.861. The fourth-order valence-corrected chi connectivity index (χ4v) is 2.82. The number of aromatic carboxylic acids is 1. The van der Waals surface area contributed by atoms with Crippen molar-refractivity contribution in [3.8, 4) is 0 Å². The molecule has 1 aliphatic rings. The minimum Gasteiger partial charge on any atom is -0.477 e. The molecule has 1 saturated heterocycles. The average molecular weight is 327 g/mol. The summed E-state index contributed by atoms with van der Waals surface area (Å²) in [6, 6.07) is 0.421. The van der Waals surface area contributed by atoms with Gasteiger partial charge in [-0.3, -0.25) is 4.79 Å². The third-order valence-corrected chi connectivity index (χ3v) is 3.97. The third kappa shape index (κ3) is 2.48. The Labute approximate surface area is 127 Å². The molecule has 0 bridgehead atoms. The highest BCUT2D eigenvalue weighted by Gasteiger charge is 2.25. The summed E-state index contributed by atoms with van der Waals surface area (Å²) < 4.78 is 47.7. The number of nitrogens with zero attached hydrogens (tertiary/aromatic N) is 1. The van der Waals surface area contributed by atoms with Gasteiger partial charge < -0.3 is 14.4 Å². The van der Waals surface area contributed by atoms with Crippen molar-refractivity contribution in [2.24, 2.45) is 0 Å². The molecular weight excluding hydrogens is 315 g/mol. The number of aromatic nitrogens is 1. The highest BCUT2D eigenvalue weighted by molar-refractivity contribution is 5.92. The van der Waals surface area contributed by atoms with E-state index in [1.807, 2.05) is 0 Å². The van der Waals surface area contributed by atoms with E-state index in [-0.39, 0.29) is 11.6 Å². The van der Waals surface area contributed by atoms with Crippen LogP contribution in [0.15, 0.2) is 17.1 Å². The van der Waals surface area contributed by atoms with Crippen LogP contribution < -0.4 is 5.43 Å². The minimum atomic E-state index is -1.80. The molecule has 1 aromatic heterocycles. The number of ether oxygens (including phenoxy) is 1. The van der Waals surface area contributed by atoms with Crippen LogP contribution in [0.3, 0.4) is 0 Å². The van der Waals surface area contributed by atoms with E-state index in [0.29, 0.717) is 26.1 Å². The number of rotatable bonds is 2. The zero-order chi connectivity index (χ0) is 16.7. The molecule has 1 aromatic carbocycles. The Morgan fingerprint density at radius 1 is 1.22 bits per heavy atom. The van der Waals surface area contributed by atoms with Crippen molar-refractivity contribution in [3.63, 3.8) is 0 Å². The van der Waals surface area contributed by atoms with E-state index < -0.39 is 39.8 Å². The van der Waals surface area contributed by atoms with Crippen molar-refractivity contribution < 1.29 is 27.8 Å². The molecule has 23 heavy (non-hydrogen) atoms. The number of hydrogen-bond acceptors (Lipinski definition) is 3. The molecule has 0 amide bonds. The molecule has 122 valence electrons. The topological polar surface area (TPSA) is 68.5 Å². The highest BCUT2D eigenvalue weighted by atomic mass is 19.2. The predicted octanol–water partition coefficient (Wildman–Crippen LogP) is 2.47. The van der Waals surface area contributed by atoms with Gasteiger partial charge in [-0.05, 0) is 12.8 Å². The standard InChI is InChI=1S/C15H12F3NO4/c16-9-5-10-11(13(18)12(9)17)14(20)8(15(21)22)6-19(10)7-1-3-23-4-2-7/h5-7H,1-4H2,(H,21,22). The summed E-state index contributed by atoms with van der Waals surface area (Å²) in [5.74, 6) is -6.45. The van der Waals surface area contributed by atoms with Gasteiger partial charge in [-0.25, -0.2) is 18.0 Å². The summed E-state index contributed by atoms with van der Waals surface area (Å²) in [5.41, 5.74) is -2.02. The van der Waals surface area contributed by atoms with Crippen LogP contribution >= 0.6 is 0 Å². The van der Waals surface area contributed by atoms with E-state index in [4.69, 9.17) is 9.84 Å². The molecule has 0 spiro atoms. The Morgan fingerprint density at radius 3 is 2.48 bits per heavy atom. The number of fused-ring (bicyclic) bond motifs is 1. The normalized spacial score (nSPS) is 16.0. The number of pyridine rings is 1. The van der Waals surface area contributed by atoms with Gasteiger partial charge in [0.05, 0.1) is 10.9 Å². The van der Waals surface area contributed by atoms with Crippen LogP contribution in [0.5, 0.6) is 0 Å². The number of benzene rings is 1. The van der Waals surface area contributed by atoms with E-state index in [0.717, 1.165) is 12.3 Å². The van der Waals surface area contributed by atoms with E-state index in [1.165, 1.54) is 4.57 Å². The van der Waals surface area contributed by atoms with E-state index in [9.17, 15) is 22.8 Å². The molecule has 0 radical (unpaired) electrons. The Morgan fingerprint density at radius 2 is 1.87 bits per heavy atom. The van der Waals surface area contributed by atoms with Gasteiger partial charge in [0.2, 0.25) is 5.43 Å². The van der Waals surface area contributed by atoms with E-state index in [2.05, 4.69) is 0 Å². The lowest BCUT2D eigenvalue weighted by Crippen LogP contribution is -2.25. The lowest BCUT2D eigenvalue weighted by atomic mass is 10.0. The molecule has 0 atom stereocenters. The van der Waals surface area contributed by atoms with Crippen molar-refractivity contribution >= 4 is 16.9 Å². The first-order valence-corrected chi connectivity index (χ1v) is 6.95. The van der Waals surface area contributed by atoms with Crippen LogP contribution in [0.1, 0.15) is 29.2 Å². The molecule has 1 aliphatic heterocycles. The van der Waals surface area contributed by atoms with Crippen LogP contribution in [0.25, 0.3) is 10.9 Å². The molecule has 3 rings (SSSR count). The highest BCUT2D eigenvalue weighted by Crippen LogP contribution is 2.28. The van der Waals surface area contributed by atoms with Gasteiger partial charge in [0.1, 0.15) is 5.56 Å². The van der Waals surface area contributed by atoms with Crippen LogP contribution in [-0.2, 0) is 4.74 Å². The summed E-state index contributed by atoms with van der Waals surface area (Å²) in [6.07, 6.45) is 2.02. The maximum Gasteiger partial charge on any atom is 0.341 e. The van der Waals surface area contributed by atoms with Gasteiger partial charge in [-0.1, -0.05) is 0 Å². The smallest absolute Gasteiger partial charge is 0.341 e. The van der Waals surface area contributed by atoms with Gasteiger partial charge in [-0.15, -0.1) is 0 Å². The molecule has 5 nitrogen and oxygen atoms in total. The summed E-state index contributed by atoms with van der Waals surface area (Å²) in [5, 5.41) is 8.38. The average Bonchev–Trinajstić information content (AvgIpc) is 2.53. The van der Waals surface area contributed by atoms with Gasteiger partial charge in [-0.2, -0.15) is 0 Å². The van der Waals surface area contributed by atoms with Crippen LogP contribution in [0.2, 0.25) is 0 Å². The molecule has 2 heterocycles. The zero-order valence-corrected chi connectivity index (χ0v) is 11.8. The molecule has 0 saturated carbocycles. The van der Waals surface area contributed by atoms with E-state index >= 15 is 0 Å². The maximum absolute atomic E-state index is 14.1. The second kappa shape index (κ2) is 5.69. The monoisotopic (exact) mass is 327 g/mol. The van der Waals surface area contributed by atoms with Crippen molar-refractivity contribution in [2.45, 2.75) is 18.9 Å². The Hall–Kier alpha value is -2.35. The van der Waals surface area contributed by atoms with Crippen LogP contribution in [0.4, 0.5) is 13.2 Å². The van der Waals surface area contributed by atoms with Gasteiger partial charge in [0, 0.05) is 31.5 Å². The third-order valence-electron chi connectivity index (χ3n) is 3.97. The summed E-state index contributed by atoms with van der Waals surface area (Å²) in [6.45, 7) is 0.791. The molecule has 1 N–H and O–H groups in total. The largest absolute Gasteiger partial charge is 0.477 e. The van der Waals surface area contributed by atoms with E-state index in [1.54, 1.807) is 0 Å². The number of halogens is 3. The molecule has 0 aliphatic carbocycles. The Bertz CT molecular complexity index is 856. The molecule has 2 aromatic rings. The molecule has 1 fully saturated rings. The van der Waals surface area contributed by atoms with Crippen molar-refractivity contribution in [1.82, 2.24) is 4.57 Å². The molecule has 8 heteroatoms. The number of carboxylic acid groups (broad SMARTS) is 1. The van der Waals surface area contributed by atoms with Gasteiger partial charge in [0.15, 0.2) is 17.5 Å². The van der Waals surface area contributed by atoms with Gasteiger partial charge >= 0.3 is 5.97 Å². The second-order valence-electron chi connectivity index (χ2n) is 5.31. The van der Waals surface area contributed by atoms with Gasteiger partial charge in [0.25, 0.3) is 0 Å². The summed E-state index contributed by atoms with van der Waals surface area (Å²) in [7, 11) is 0. The second-order valence-corrected chi connectivity index (χ2v) is 5.31. The lowest BCUT2D eigenvalue weighted by Gasteiger charge is -2.27. The molecule has 0 unspecified atom stereocenters. The Balaban J connectivity index is 2.40. The predicted molar refractivity (Wildman–Crippen MR) is 74.1 cm³/mol. The van der Waals surface area contributed by atoms with Crippen molar-refractivity contribution in [2.75, 3.05) is 13.2 Å². The molecular formula is C15H12F3NO4. The first-order chi connectivity index (χ1) is 10.9. The zero-order valence-electron chi connectivity index (χ0n) is 11.8. The summed E-state index contributed by atoms with van der Waals surface area (Å²) in [4.78, 5) is 23.4. The Kier molecular flexibility index (Phi) is 3.85. The first-order valence-electron chi connectivity index (χ1n) is 6.95. The van der Waals surface area contributed by atoms with Crippen molar-refractivity contribution in [3.05, 3.63) is 45.5 Å². The number of hydrogen-bond donors (Lipinski definition) is 1. The number of carboxylic acids is 1. The van der Waals surface area contributed by atoms with Crippen LogP contribution in [-0.4, -0.2) is 28.9 Å². The first kappa shape index (κ1) is 15.5.